The predicted molar refractivity (Wildman–Crippen MR) is 74.0 cm³/mol. The predicted octanol–water partition coefficient (Wildman–Crippen LogP) is 0.852. The summed E-state index contributed by atoms with van der Waals surface area (Å²) in [7, 11) is 0. The van der Waals surface area contributed by atoms with Crippen LogP contribution in [0.1, 0.15) is 19.3 Å². The highest BCUT2D eigenvalue weighted by Gasteiger charge is 2.31. The van der Waals surface area contributed by atoms with Gasteiger partial charge >= 0.3 is 0 Å². The SMILES string of the molecule is N#CCCOCC(COCCC#N)(COCCC#N)N=C=O. The quantitative estimate of drug-likeness (QED) is 0.280. The van der Waals surface area contributed by atoms with Crippen LogP contribution in [0, 0.1) is 34.0 Å². The first-order chi connectivity index (χ1) is 10.7. The average Bonchev–Trinajstić information content (AvgIpc) is 2.53. The summed E-state index contributed by atoms with van der Waals surface area (Å²) in [5, 5.41) is 25.4. The lowest BCUT2D eigenvalue weighted by Gasteiger charge is -2.27. The summed E-state index contributed by atoms with van der Waals surface area (Å²) in [4.78, 5) is 14.4. The van der Waals surface area contributed by atoms with Gasteiger partial charge in [-0.2, -0.15) is 20.8 Å². The number of carbonyl (C=O) groups excluding carboxylic acids is 1. The zero-order chi connectivity index (χ0) is 16.5. The fourth-order valence-corrected chi connectivity index (χ4v) is 1.46. The lowest BCUT2D eigenvalue weighted by Crippen LogP contribution is -2.43. The summed E-state index contributed by atoms with van der Waals surface area (Å²) >= 11 is 0. The number of aliphatic imine (C=N–C) groups is 1. The molecular weight excluding hydrogens is 288 g/mol. The minimum atomic E-state index is -1.10. The van der Waals surface area contributed by atoms with Gasteiger partial charge in [0.2, 0.25) is 6.08 Å². The second-order valence-electron chi connectivity index (χ2n) is 4.31. The highest BCUT2D eigenvalue weighted by atomic mass is 16.5. The normalized spacial score (nSPS) is 10.0. The van der Waals surface area contributed by atoms with Crippen molar-refractivity contribution in [1.82, 2.24) is 0 Å². The number of hydrogen-bond donors (Lipinski definition) is 0. The Kier molecular flexibility index (Phi) is 12.3. The molecule has 0 rings (SSSR count). The third-order valence-electron chi connectivity index (χ3n) is 2.47. The smallest absolute Gasteiger partial charge is 0.235 e. The van der Waals surface area contributed by atoms with Gasteiger partial charge in [0, 0.05) is 0 Å². The molecule has 0 aromatic carbocycles. The molecule has 0 N–H and O–H groups in total. The van der Waals surface area contributed by atoms with Gasteiger partial charge in [-0.1, -0.05) is 0 Å². The van der Waals surface area contributed by atoms with E-state index in [-0.39, 0.29) is 58.9 Å². The Labute approximate surface area is 129 Å². The Morgan fingerprint density at radius 1 is 0.773 bits per heavy atom. The monoisotopic (exact) mass is 306 g/mol. The summed E-state index contributed by atoms with van der Waals surface area (Å²) in [6.45, 7) is 0.643. The van der Waals surface area contributed by atoms with E-state index < -0.39 is 5.54 Å². The maximum Gasteiger partial charge on any atom is 0.235 e. The topological polar surface area (TPSA) is 128 Å². The zero-order valence-corrected chi connectivity index (χ0v) is 12.3. The Hall–Kier alpha value is -2.27. The minimum Gasteiger partial charge on any atom is -0.378 e. The fourth-order valence-electron chi connectivity index (χ4n) is 1.46. The molecule has 0 aliphatic carbocycles. The fraction of sp³-hybridized carbons (Fsp3) is 0.714. The molecular formula is C14H18N4O4. The molecule has 8 nitrogen and oxygen atoms in total. The molecule has 0 saturated heterocycles. The average molecular weight is 306 g/mol. The molecule has 118 valence electrons. The maximum absolute atomic E-state index is 10.7. The van der Waals surface area contributed by atoms with E-state index in [1.807, 2.05) is 18.2 Å². The van der Waals surface area contributed by atoms with Crippen molar-refractivity contribution in [1.29, 1.82) is 15.8 Å². The van der Waals surface area contributed by atoms with Crippen molar-refractivity contribution < 1.29 is 19.0 Å². The number of nitrogens with zero attached hydrogens (tertiary/aromatic N) is 4. The summed E-state index contributed by atoms with van der Waals surface area (Å²) < 4.78 is 16.0. The molecule has 0 aromatic rings. The van der Waals surface area contributed by atoms with E-state index in [1.54, 1.807) is 0 Å². The van der Waals surface area contributed by atoms with Crippen LogP contribution in [0.3, 0.4) is 0 Å². The second-order valence-corrected chi connectivity index (χ2v) is 4.31. The van der Waals surface area contributed by atoms with Crippen molar-refractivity contribution in [2.45, 2.75) is 24.8 Å². The van der Waals surface area contributed by atoms with Crippen molar-refractivity contribution >= 4 is 6.08 Å². The number of nitriles is 3. The van der Waals surface area contributed by atoms with E-state index in [0.29, 0.717) is 0 Å². The van der Waals surface area contributed by atoms with Gasteiger partial charge in [0.25, 0.3) is 0 Å². The van der Waals surface area contributed by atoms with Gasteiger partial charge in [0.15, 0.2) is 0 Å². The summed E-state index contributed by atoms with van der Waals surface area (Å²) in [5.74, 6) is 0. The van der Waals surface area contributed by atoms with E-state index in [9.17, 15) is 4.79 Å². The highest BCUT2D eigenvalue weighted by Crippen LogP contribution is 2.14. The van der Waals surface area contributed by atoms with Gasteiger partial charge in [-0.25, -0.2) is 4.79 Å². The van der Waals surface area contributed by atoms with E-state index in [0.717, 1.165) is 0 Å². The molecule has 0 radical (unpaired) electrons. The molecule has 8 heteroatoms. The molecule has 0 saturated carbocycles. The van der Waals surface area contributed by atoms with Gasteiger partial charge < -0.3 is 14.2 Å². The zero-order valence-electron chi connectivity index (χ0n) is 12.3. The first-order valence-electron chi connectivity index (χ1n) is 6.68. The molecule has 0 heterocycles. The van der Waals surface area contributed by atoms with Crippen LogP contribution in [0.4, 0.5) is 0 Å². The molecule has 0 atom stereocenters. The molecule has 0 bridgehead atoms. The molecule has 0 aliphatic rings. The van der Waals surface area contributed by atoms with Crippen molar-refractivity contribution in [3.8, 4) is 18.2 Å². The van der Waals surface area contributed by atoms with Crippen LogP contribution in [0.25, 0.3) is 0 Å². The molecule has 22 heavy (non-hydrogen) atoms. The van der Waals surface area contributed by atoms with E-state index >= 15 is 0 Å². The second kappa shape index (κ2) is 13.7. The highest BCUT2D eigenvalue weighted by molar-refractivity contribution is 5.35. The first-order valence-corrected chi connectivity index (χ1v) is 6.68. The molecule has 0 fully saturated rings. The lowest BCUT2D eigenvalue weighted by molar-refractivity contribution is -0.0187. The van der Waals surface area contributed by atoms with Crippen LogP contribution in [-0.4, -0.2) is 51.3 Å². The van der Waals surface area contributed by atoms with Crippen LogP contribution in [0.15, 0.2) is 4.99 Å². The summed E-state index contributed by atoms with van der Waals surface area (Å²) in [6.07, 6.45) is 2.11. The first kappa shape index (κ1) is 19.7. The van der Waals surface area contributed by atoms with E-state index in [1.165, 1.54) is 6.08 Å². The number of rotatable bonds is 13. The van der Waals surface area contributed by atoms with Crippen LogP contribution in [0.2, 0.25) is 0 Å². The van der Waals surface area contributed by atoms with Crippen LogP contribution < -0.4 is 0 Å². The Bertz CT molecular complexity index is 414. The third-order valence-corrected chi connectivity index (χ3v) is 2.47. The Morgan fingerprint density at radius 3 is 1.41 bits per heavy atom. The van der Waals surface area contributed by atoms with Crippen molar-refractivity contribution in [3.05, 3.63) is 0 Å². The minimum absolute atomic E-state index is 0.0169. The van der Waals surface area contributed by atoms with E-state index in [4.69, 9.17) is 30.0 Å². The van der Waals surface area contributed by atoms with Crippen LogP contribution in [0.5, 0.6) is 0 Å². The standard InChI is InChI=1S/C14H18N4O4/c15-4-1-7-20-10-14(18-13-19,11-21-8-2-5-16)12-22-9-3-6-17/h1-3,7-12H2. The van der Waals surface area contributed by atoms with Gasteiger partial charge in [0.1, 0.15) is 5.54 Å². The molecule has 0 aliphatic heterocycles. The number of isocyanates is 1. The number of hydrogen-bond acceptors (Lipinski definition) is 8. The largest absolute Gasteiger partial charge is 0.378 e. The van der Waals surface area contributed by atoms with Gasteiger partial charge in [-0.05, 0) is 0 Å². The van der Waals surface area contributed by atoms with E-state index in [2.05, 4.69) is 4.99 Å². The molecule has 0 amide bonds. The van der Waals surface area contributed by atoms with Gasteiger partial charge in [-0.3, -0.25) is 0 Å². The molecule has 0 spiro atoms. The summed E-state index contributed by atoms with van der Waals surface area (Å²) in [6, 6.07) is 5.81. The Morgan fingerprint density at radius 2 is 1.14 bits per heavy atom. The van der Waals surface area contributed by atoms with Crippen LogP contribution in [-0.2, 0) is 19.0 Å². The maximum atomic E-state index is 10.7. The molecule has 0 unspecified atom stereocenters. The molecule has 0 aromatic heterocycles. The van der Waals surface area contributed by atoms with Crippen LogP contribution >= 0.6 is 0 Å². The Balaban J connectivity index is 4.62. The summed E-state index contributed by atoms with van der Waals surface area (Å²) in [5.41, 5.74) is -1.10. The van der Waals surface area contributed by atoms with Gasteiger partial charge in [0.05, 0.1) is 77.1 Å². The van der Waals surface area contributed by atoms with Gasteiger partial charge in [-0.15, -0.1) is 0 Å². The third kappa shape index (κ3) is 9.61. The van der Waals surface area contributed by atoms with Crippen molar-refractivity contribution in [2.75, 3.05) is 39.6 Å². The van der Waals surface area contributed by atoms with Crippen molar-refractivity contribution in [3.63, 3.8) is 0 Å². The van der Waals surface area contributed by atoms with Crippen molar-refractivity contribution in [2.24, 2.45) is 4.99 Å². The number of ether oxygens (including phenoxy) is 3. The lowest BCUT2D eigenvalue weighted by atomic mass is 10.0.